The van der Waals surface area contributed by atoms with Crippen molar-refractivity contribution in [2.75, 3.05) is 41.7 Å². The first-order chi connectivity index (χ1) is 17.8. The van der Waals surface area contributed by atoms with Crippen LogP contribution in [0.15, 0.2) is 18.3 Å². The van der Waals surface area contributed by atoms with Crippen LogP contribution < -0.4 is 15.5 Å². The SMILES string of the molecule is CC1(O)CN([C@@H]2CCCN(c3cc(C#N)cc(Nc4nc(NC5CC5)c5ncc(C#N)n5n4)c3Cl)C2)C1. The molecule has 0 unspecified atom stereocenters. The molecular weight excluding hydrogens is 492 g/mol. The first kappa shape index (κ1) is 23.7. The highest BCUT2D eigenvalue weighted by Gasteiger charge is 2.41. The maximum Gasteiger partial charge on any atom is 0.247 e. The predicted molar refractivity (Wildman–Crippen MR) is 139 cm³/mol. The van der Waals surface area contributed by atoms with Gasteiger partial charge >= 0.3 is 0 Å². The number of hydrogen-bond acceptors (Lipinski definition) is 10. The van der Waals surface area contributed by atoms with E-state index in [0.29, 0.717) is 58.6 Å². The van der Waals surface area contributed by atoms with Gasteiger partial charge in [-0.3, -0.25) is 4.90 Å². The van der Waals surface area contributed by atoms with Gasteiger partial charge in [0.15, 0.2) is 17.2 Å². The molecule has 2 aromatic heterocycles. The first-order valence-electron chi connectivity index (χ1n) is 12.5. The van der Waals surface area contributed by atoms with Gasteiger partial charge in [-0.2, -0.15) is 20.0 Å². The molecule has 12 heteroatoms. The number of nitriles is 2. The van der Waals surface area contributed by atoms with E-state index in [4.69, 9.17) is 11.6 Å². The molecular formula is C25H27ClN10O. The van der Waals surface area contributed by atoms with Crippen molar-refractivity contribution in [3.8, 4) is 12.1 Å². The monoisotopic (exact) mass is 518 g/mol. The Bertz CT molecular complexity index is 1440. The van der Waals surface area contributed by atoms with E-state index in [-0.39, 0.29) is 5.95 Å². The summed E-state index contributed by atoms with van der Waals surface area (Å²) in [5, 5.41) is 40.9. The molecule has 0 bridgehead atoms. The van der Waals surface area contributed by atoms with Crippen LogP contribution in [0, 0.1) is 22.7 Å². The molecule has 1 saturated carbocycles. The summed E-state index contributed by atoms with van der Waals surface area (Å²) < 4.78 is 1.46. The van der Waals surface area contributed by atoms with Crippen molar-refractivity contribution in [2.45, 2.75) is 50.3 Å². The Labute approximate surface area is 219 Å². The van der Waals surface area contributed by atoms with Crippen LogP contribution in [-0.4, -0.2) is 73.5 Å². The van der Waals surface area contributed by atoms with Crippen LogP contribution in [0.1, 0.15) is 43.9 Å². The lowest BCUT2D eigenvalue weighted by Gasteiger charge is -2.51. The number of likely N-dealkylation sites (tertiary alicyclic amines) is 1. The topological polar surface area (TPSA) is 141 Å². The Morgan fingerprint density at radius 3 is 2.70 bits per heavy atom. The highest BCUT2D eigenvalue weighted by atomic mass is 35.5. The van der Waals surface area contributed by atoms with Crippen LogP contribution in [0.2, 0.25) is 5.02 Å². The van der Waals surface area contributed by atoms with Gasteiger partial charge < -0.3 is 20.6 Å². The van der Waals surface area contributed by atoms with E-state index in [9.17, 15) is 15.6 Å². The number of rotatable bonds is 6. The third-order valence-electron chi connectivity index (χ3n) is 7.16. The maximum atomic E-state index is 10.2. The van der Waals surface area contributed by atoms with Crippen LogP contribution in [0.3, 0.4) is 0 Å². The number of β-amino-alcohol motifs (C(OH)–C–C–N with tert-alkyl or cyclic N) is 1. The molecule has 0 spiro atoms. The van der Waals surface area contributed by atoms with E-state index in [2.05, 4.69) is 47.6 Å². The van der Waals surface area contributed by atoms with Gasteiger partial charge in [-0.25, -0.2) is 4.98 Å². The summed E-state index contributed by atoms with van der Waals surface area (Å²) in [4.78, 5) is 13.4. The fourth-order valence-electron chi connectivity index (χ4n) is 5.20. The fourth-order valence-corrected chi connectivity index (χ4v) is 5.48. The highest BCUT2D eigenvalue weighted by molar-refractivity contribution is 6.36. The molecule has 37 heavy (non-hydrogen) atoms. The standard InChI is InChI=1S/C25H27ClN10O/c1-25(37)13-35(14-25)17-3-2-6-34(12-17)20-8-15(9-27)7-19(21(20)26)31-24-32-22(30-16-4-5-16)23-29-11-18(10-28)36(23)33-24/h7-8,11,16-17,37H,2-6,12-14H2,1H3,(H2,30,31,32,33)/t17-/m1/s1. The molecule has 3 N–H and O–H groups in total. The van der Waals surface area contributed by atoms with Gasteiger partial charge in [0.1, 0.15) is 6.07 Å². The van der Waals surface area contributed by atoms with Crippen molar-refractivity contribution in [1.82, 2.24) is 24.5 Å². The molecule has 2 aliphatic heterocycles. The van der Waals surface area contributed by atoms with Crippen LogP contribution >= 0.6 is 11.6 Å². The number of halogens is 1. The third kappa shape index (κ3) is 4.62. The zero-order valence-electron chi connectivity index (χ0n) is 20.4. The number of aromatic nitrogens is 4. The average Bonchev–Trinajstić information content (AvgIpc) is 3.59. The van der Waals surface area contributed by atoms with Crippen molar-refractivity contribution in [3.05, 3.63) is 34.6 Å². The quantitative estimate of drug-likeness (QED) is 0.446. The van der Waals surface area contributed by atoms with Crippen LogP contribution in [0.25, 0.3) is 5.65 Å². The van der Waals surface area contributed by atoms with E-state index < -0.39 is 5.60 Å². The summed E-state index contributed by atoms with van der Waals surface area (Å²) in [7, 11) is 0. The number of aliphatic hydroxyl groups is 1. The van der Waals surface area contributed by atoms with E-state index in [0.717, 1.165) is 44.5 Å². The Kier molecular flexibility index (Phi) is 5.80. The number of nitrogens with one attached hydrogen (secondary N) is 2. The lowest BCUT2D eigenvalue weighted by molar-refractivity contribution is -0.103. The number of imidazole rings is 1. The number of nitrogens with zero attached hydrogens (tertiary/aromatic N) is 8. The van der Waals surface area contributed by atoms with E-state index in [1.807, 2.05) is 13.0 Å². The summed E-state index contributed by atoms with van der Waals surface area (Å²) in [5.74, 6) is 0.783. The number of hydrogen-bond donors (Lipinski definition) is 3. The van der Waals surface area contributed by atoms with Gasteiger partial charge in [0, 0.05) is 38.3 Å². The minimum absolute atomic E-state index is 0.243. The second kappa shape index (κ2) is 9.03. The fraction of sp³-hybridized carbons (Fsp3) is 0.480. The highest BCUT2D eigenvalue weighted by Crippen LogP contribution is 2.38. The van der Waals surface area contributed by atoms with Crippen LogP contribution in [0.4, 0.5) is 23.1 Å². The number of fused-ring (bicyclic) bond motifs is 1. The van der Waals surface area contributed by atoms with Gasteiger partial charge in [-0.15, -0.1) is 5.10 Å². The molecule has 3 aliphatic rings. The molecule has 1 aliphatic carbocycles. The Hall–Kier alpha value is -3.64. The summed E-state index contributed by atoms with van der Waals surface area (Å²) in [6, 6.07) is 8.48. The van der Waals surface area contributed by atoms with Crippen molar-refractivity contribution < 1.29 is 5.11 Å². The lowest BCUT2D eigenvalue weighted by atomic mass is 9.91. The molecule has 3 fully saturated rings. The zero-order valence-corrected chi connectivity index (χ0v) is 21.2. The molecule has 2 saturated heterocycles. The van der Waals surface area contributed by atoms with Gasteiger partial charge in [0.05, 0.1) is 39.8 Å². The van der Waals surface area contributed by atoms with Crippen molar-refractivity contribution >= 4 is 40.4 Å². The first-order valence-corrected chi connectivity index (χ1v) is 12.9. The Morgan fingerprint density at radius 2 is 2.00 bits per heavy atom. The minimum Gasteiger partial charge on any atom is -0.388 e. The smallest absolute Gasteiger partial charge is 0.247 e. The molecule has 11 nitrogen and oxygen atoms in total. The normalized spacial score (nSPS) is 21.2. The van der Waals surface area contributed by atoms with Crippen LogP contribution in [0.5, 0.6) is 0 Å². The van der Waals surface area contributed by atoms with E-state index >= 15 is 0 Å². The lowest BCUT2D eigenvalue weighted by Crippen LogP contribution is -2.65. The van der Waals surface area contributed by atoms with Gasteiger partial charge in [-0.05, 0) is 44.7 Å². The average molecular weight is 519 g/mol. The molecule has 1 atom stereocenters. The zero-order chi connectivity index (χ0) is 25.7. The molecule has 4 heterocycles. The summed E-state index contributed by atoms with van der Waals surface area (Å²) >= 11 is 6.92. The molecule has 1 aromatic carbocycles. The van der Waals surface area contributed by atoms with Crippen LogP contribution in [-0.2, 0) is 0 Å². The summed E-state index contributed by atoms with van der Waals surface area (Å²) in [5.41, 5.74) is 1.91. The second-order valence-electron chi connectivity index (χ2n) is 10.4. The minimum atomic E-state index is -0.618. The molecule has 190 valence electrons. The second-order valence-corrected chi connectivity index (χ2v) is 10.8. The summed E-state index contributed by atoms with van der Waals surface area (Å²) in [6.45, 7) is 4.79. The maximum absolute atomic E-state index is 10.2. The van der Waals surface area contributed by atoms with E-state index in [1.54, 1.807) is 6.07 Å². The number of anilines is 4. The number of piperidine rings is 1. The van der Waals surface area contributed by atoms with Gasteiger partial charge in [0.2, 0.25) is 5.95 Å². The van der Waals surface area contributed by atoms with E-state index in [1.165, 1.54) is 10.7 Å². The summed E-state index contributed by atoms with van der Waals surface area (Å²) in [6.07, 6.45) is 5.63. The third-order valence-corrected chi connectivity index (χ3v) is 7.56. The Morgan fingerprint density at radius 1 is 1.19 bits per heavy atom. The molecule has 0 radical (unpaired) electrons. The van der Waals surface area contributed by atoms with Crippen molar-refractivity contribution in [1.29, 1.82) is 10.5 Å². The van der Waals surface area contributed by atoms with Gasteiger partial charge in [0.25, 0.3) is 0 Å². The molecule has 0 amide bonds. The molecule has 3 aromatic rings. The Balaban J connectivity index is 1.32. The molecule has 6 rings (SSSR count). The largest absolute Gasteiger partial charge is 0.388 e. The van der Waals surface area contributed by atoms with Crippen molar-refractivity contribution in [3.63, 3.8) is 0 Å². The number of benzene rings is 1. The van der Waals surface area contributed by atoms with Crippen molar-refractivity contribution in [2.24, 2.45) is 0 Å². The predicted octanol–water partition coefficient (Wildman–Crippen LogP) is 2.87. The van der Waals surface area contributed by atoms with Gasteiger partial charge in [-0.1, -0.05) is 11.6 Å².